The van der Waals surface area contributed by atoms with Gasteiger partial charge in [-0.2, -0.15) is 0 Å². The summed E-state index contributed by atoms with van der Waals surface area (Å²) in [6.45, 7) is 4.50. The van der Waals surface area contributed by atoms with Gasteiger partial charge < -0.3 is 24.7 Å². The van der Waals surface area contributed by atoms with E-state index < -0.39 is 5.82 Å². The van der Waals surface area contributed by atoms with Gasteiger partial charge in [-0.1, -0.05) is 12.1 Å². The molecule has 8 nitrogen and oxygen atoms in total. The fourth-order valence-corrected chi connectivity index (χ4v) is 7.74. The number of piperidine rings is 1. The van der Waals surface area contributed by atoms with Gasteiger partial charge in [0.05, 0.1) is 16.7 Å². The molecule has 0 unspecified atom stereocenters. The lowest BCUT2D eigenvalue weighted by atomic mass is 9.97. The predicted molar refractivity (Wildman–Crippen MR) is 155 cm³/mol. The molecule has 2 amide bonds. The Morgan fingerprint density at radius 1 is 1.10 bits per heavy atom. The lowest BCUT2D eigenvalue weighted by Gasteiger charge is -2.29. The molecule has 2 aliphatic carbocycles. The fourth-order valence-electron chi connectivity index (χ4n) is 7.74. The van der Waals surface area contributed by atoms with Gasteiger partial charge in [0.1, 0.15) is 11.3 Å². The van der Waals surface area contributed by atoms with E-state index in [0.717, 1.165) is 36.9 Å². The standard InChI is InChI=1S/C32H35FN6O2/c1-17(40)37-10-9-23-20(15-37)6-5-19-13-27(38(29(19)23)14-18-3-4-18)31-35-25-12-22(11-24(33)30(25)36(31)2)32(41)39-16-21-7-8-26(39)28(21)34/h5-6,11-13,18,21,26,28H,3-4,7-10,14-16,34H2,1-2H3/t21-,26-,28-/m1/s1. The SMILES string of the molecule is CC(=O)N1CCc2c(ccc3cc(-c4nc5cc(C(=O)N6C[C@H]7CC[C@@H]6[C@@H]7N)cc(F)c5n4C)n(CC4CC4)c23)C1. The van der Waals surface area contributed by atoms with E-state index >= 15 is 4.39 Å². The van der Waals surface area contributed by atoms with Crippen LogP contribution in [0.4, 0.5) is 4.39 Å². The van der Waals surface area contributed by atoms with Crippen molar-refractivity contribution in [1.82, 2.24) is 23.9 Å². The number of hydrogen-bond donors (Lipinski definition) is 1. The van der Waals surface area contributed by atoms with Crippen molar-refractivity contribution in [1.29, 1.82) is 0 Å². The molecule has 212 valence electrons. The molecule has 4 heterocycles. The number of hydrogen-bond acceptors (Lipinski definition) is 4. The Morgan fingerprint density at radius 3 is 2.63 bits per heavy atom. The van der Waals surface area contributed by atoms with Gasteiger partial charge >= 0.3 is 0 Å². The van der Waals surface area contributed by atoms with E-state index in [1.807, 2.05) is 21.4 Å². The van der Waals surface area contributed by atoms with Crippen molar-refractivity contribution in [3.05, 3.63) is 52.8 Å². The molecule has 2 aromatic heterocycles. The van der Waals surface area contributed by atoms with Crippen LogP contribution in [0.5, 0.6) is 0 Å². The summed E-state index contributed by atoms with van der Waals surface area (Å²) in [6.07, 6.45) is 5.19. The van der Waals surface area contributed by atoms with Gasteiger partial charge in [-0.25, -0.2) is 9.37 Å². The number of benzene rings is 2. The summed E-state index contributed by atoms with van der Waals surface area (Å²) in [6, 6.07) is 9.61. The number of nitrogens with two attached hydrogens (primary N) is 1. The molecular formula is C32H35FN6O2. The Balaban J connectivity index is 1.23. The zero-order chi connectivity index (χ0) is 28.2. The third-order valence-electron chi connectivity index (χ3n) is 10.2. The van der Waals surface area contributed by atoms with Gasteiger partial charge in [0.25, 0.3) is 5.91 Å². The van der Waals surface area contributed by atoms with Crippen molar-refractivity contribution < 1.29 is 14.0 Å². The van der Waals surface area contributed by atoms with Gasteiger partial charge in [-0.15, -0.1) is 0 Å². The van der Waals surface area contributed by atoms with E-state index in [9.17, 15) is 9.59 Å². The molecule has 2 saturated carbocycles. The summed E-state index contributed by atoms with van der Waals surface area (Å²) in [5.74, 6) is 1.16. The average Bonchev–Trinajstić information content (AvgIpc) is 3.34. The van der Waals surface area contributed by atoms with Crippen molar-refractivity contribution in [3.63, 3.8) is 0 Å². The summed E-state index contributed by atoms with van der Waals surface area (Å²) in [4.78, 5) is 34.3. The van der Waals surface area contributed by atoms with Crippen LogP contribution in [-0.4, -0.2) is 60.9 Å². The number of carbonyl (C=O) groups is 2. The number of aryl methyl sites for hydroxylation is 1. The Labute approximate surface area is 237 Å². The molecule has 9 heteroatoms. The largest absolute Gasteiger partial charge is 0.338 e. The number of likely N-dealkylation sites (tertiary alicyclic amines) is 1. The Kier molecular flexibility index (Phi) is 5.43. The first kappa shape index (κ1) is 25.0. The minimum atomic E-state index is -0.438. The maximum Gasteiger partial charge on any atom is 0.254 e. The third kappa shape index (κ3) is 3.77. The quantitative estimate of drug-likeness (QED) is 0.409. The second-order valence-corrected chi connectivity index (χ2v) is 12.7. The second kappa shape index (κ2) is 8.89. The van der Waals surface area contributed by atoms with Crippen LogP contribution in [-0.2, 0) is 31.4 Å². The summed E-state index contributed by atoms with van der Waals surface area (Å²) in [7, 11) is 1.85. The normalized spacial score (nSPS) is 23.7. The third-order valence-corrected chi connectivity index (χ3v) is 10.2. The van der Waals surface area contributed by atoms with E-state index in [0.29, 0.717) is 53.9 Å². The molecule has 4 aliphatic rings. The fraction of sp³-hybridized carbons (Fsp3) is 0.469. The van der Waals surface area contributed by atoms with Crippen molar-refractivity contribution >= 4 is 33.8 Å². The number of aromatic nitrogens is 3. The van der Waals surface area contributed by atoms with Gasteiger partial charge in [-0.05, 0) is 73.3 Å². The molecule has 4 aromatic rings. The number of nitrogens with zero attached hydrogens (tertiary/aromatic N) is 5. The predicted octanol–water partition coefficient (Wildman–Crippen LogP) is 4.21. The molecule has 2 bridgehead atoms. The van der Waals surface area contributed by atoms with E-state index in [1.165, 1.54) is 35.6 Å². The van der Waals surface area contributed by atoms with Crippen LogP contribution in [0.2, 0.25) is 0 Å². The van der Waals surface area contributed by atoms with Crippen LogP contribution in [0.1, 0.15) is 54.1 Å². The highest BCUT2D eigenvalue weighted by Gasteiger charge is 2.47. The smallest absolute Gasteiger partial charge is 0.254 e. The van der Waals surface area contributed by atoms with E-state index in [-0.39, 0.29) is 23.9 Å². The van der Waals surface area contributed by atoms with E-state index in [2.05, 4.69) is 22.8 Å². The topological polar surface area (TPSA) is 89.4 Å². The minimum absolute atomic E-state index is 0.0126. The van der Waals surface area contributed by atoms with Crippen LogP contribution in [0.15, 0.2) is 30.3 Å². The summed E-state index contributed by atoms with van der Waals surface area (Å²) < 4.78 is 19.9. The molecule has 0 spiro atoms. The van der Waals surface area contributed by atoms with Crippen molar-refractivity contribution in [3.8, 4) is 11.5 Å². The second-order valence-electron chi connectivity index (χ2n) is 12.7. The first-order chi connectivity index (χ1) is 19.8. The number of rotatable bonds is 4. The molecule has 2 aliphatic heterocycles. The first-order valence-electron chi connectivity index (χ1n) is 14.9. The number of fused-ring (bicyclic) bond motifs is 6. The molecular weight excluding hydrogens is 519 g/mol. The average molecular weight is 555 g/mol. The molecule has 2 N–H and O–H groups in total. The van der Waals surface area contributed by atoms with Crippen molar-refractivity contribution in [2.24, 2.45) is 24.6 Å². The number of carbonyl (C=O) groups excluding carboxylic acids is 2. The summed E-state index contributed by atoms with van der Waals surface area (Å²) >= 11 is 0. The summed E-state index contributed by atoms with van der Waals surface area (Å²) in [5, 5.41) is 1.14. The zero-order valence-electron chi connectivity index (χ0n) is 23.6. The van der Waals surface area contributed by atoms with Crippen molar-refractivity contribution in [2.45, 2.75) is 64.2 Å². The number of imidazole rings is 1. The lowest BCUT2D eigenvalue weighted by molar-refractivity contribution is -0.129. The van der Waals surface area contributed by atoms with E-state index in [1.54, 1.807) is 13.0 Å². The lowest BCUT2D eigenvalue weighted by Crippen LogP contribution is -2.41. The highest BCUT2D eigenvalue weighted by molar-refractivity contribution is 5.99. The molecule has 41 heavy (non-hydrogen) atoms. The molecule has 0 radical (unpaired) electrons. The van der Waals surface area contributed by atoms with Crippen molar-refractivity contribution in [2.75, 3.05) is 13.1 Å². The first-order valence-corrected chi connectivity index (χ1v) is 14.9. The maximum absolute atomic E-state index is 15.7. The Bertz CT molecular complexity index is 1770. The van der Waals surface area contributed by atoms with Gasteiger partial charge in [0.15, 0.2) is 5.82 Å². The van der Waals surface area contributed by atoms with Gasteiger partial charge in [0, 0.05) is 63.2 Å². The van der Waals surface area contributed by atoms with Crippen LogP contribution >= 0.6 is 0 Å². The minimum Gasteiger partial charge on any atom is -0.338 e. The molecule has 3 fully saturated rings. The molecule has 1 saturated heterocycles. The zero-order valence-corrected chi connectivity index (χ0v) is 23.6. The van der Waals surface area contributed by atoms with Gasteiger partial charge in [0.2, 0.25) is 5.91 Å². The molecule has 2 aromatic carbocycles. The maximum atomic E-state index is 15.7. The van der Waals surface area contributed by atoms with E-state index in [4.69, 9.17) is 10.7 Å². The monoisotopic (exact) mass is 554 g/mol. The van der Waals surface area contributed by atoms with Crippen LogP contribution in [0, 0.1) is 17.7 Å². The molecule has 8 rings (SSSR count). The van der Waals surface area contributed by atoms with Gasteiger partial charge in [-0.3, -0.25) is 9.59 Å². The highest BCUT2D eigenvalue weighted by Crippen LogP contribution is 2.40. The Hall–Kier alpha value is -3.72. The molecule has 3 atom stereocenters. The number of halogens is 1. The Morgan fingerprint density at radius 2 is 1.93 bits per heavy atom. The van der Waals surface area contributed by atoms with Crippen LogP contribution in [0.3, 0.4) is 0 Å². The van der Waals surface area contributed by atoms with Crippen LogP contribution in [0.25, 0.3) is 33.5 Å². The summed E-state index contributed by atoms with van der Waals surface area (Å²) in [5.41, 5.74) is 12.2. The van der Waals surface area contributed by atoms with Crippen LogP contribution < -0.4 is 5.73 Å². The highest BCUT2D eigenvalue weighted by atomic mass is 19.1. The number of amides is 2.